The number of carbonyl (C=O) groups excluding carboxylic acids is 1. The van der Waals surface area contributed by atoms with Gasteiger partial charge in [0.25, 0.3) is 5.91 Å². The monoisotopic (exact) mass is 285 g/mol. The number of amides is 1. The Labute approximate surface area is 104 Å². The predicted molar refractivity (Wildman–Crippen MR) is 68.2 cm³/mol. The lowest BCUT2D eigenvalue weighted by molar-refractivity contribution is 0.0951. The van der Waals surface area contributed by atoms with Crippen LogP contribution in [0.25, 0.3) is 0 Å². The van der Waals surface area contributed by atoms with E-state index in [0.29, 0.717) is 17.7 Å². The van der Waals surface area contributed by atoms with Gasteiger partial charge in [0, 0.05) is 11.4 Å². The largest absolute Gasteiger partial charge is 0.507 e. The molecule has 0 aliphatic carbocycles. The molecule has 3 nitrogen and oxygen atoms in total. The van der Waals surface area contributed by atoms with Gasteiger partial charge in [-0.15, -0.1) is 0 Å². The fraction of sp³-hybridized carbons (Fsp3) is 0.417. The lowest BCUT2D eigenvalue weighted by atomic mass is 10.1. The van der Waals surface area contributed by atoms with Crippen molar-refractivity contribution in [1.29, 1.82) is 0 Å². The van der Waals surface area contributed by atoms with E-state index >= 15 is 0 Å². The first-order chi connectivity index (χ1) is 7.56. The van der Waals surface area contributed by atoms with Gasteiger partial charge in [0.1, 0.15) is 5.75 Å². The van der Waals surface area contributed by atoms with Gasteiger partial charge in [0.2, 0.25) is 0 Å². The minimum Gasteiger partial charge on any atom is -0.507 e. The highest BCUT2D eigenvalue weighted by atomic mass is 79.9. The molecule has 1 rings (SSSR count). The average Bonchev–Trinajstić information content (AvgIpc) is 2.29. The number of alkyl halides is 1. The second kappa shape index (κ2) is 5.89. The number of rotatable bonds is 4. The minimum atomic E-state index is -0.237. The molecule has 0 aliphatic rings. The van der Waals surface area contributed by atoms with E-state index in [1.165, 1.54) is 0 Å². The average molecular weight is 286 g/mol. The van der Waals surface area contributed by atoms with Crippen LogP contribution in [0.2, 0.25) is 0 Å². The Morgan fingerprint density at radius 1 is 1.56 bits per heavy atom. The first-order valence-electron chi connectivity index (χ1n) is 5.27. The third-order valence-corrected chi connectivity index (χ3v) is 3.38. The van der Waals surface area contributed by atoms with E-state index in [9.17, 15) is 9.90 Å². The Morgan fingerprint density at radius 2 is 2.25 bits per heavy atom. The van der Waals surface area contributed by atoms with Crippen LogP contribution in [0.4, 0.5) is 0 Å². The Kier molecular flexibility index (Phi) is 4.80. The second-order valence-corrected chi connectivity index (χ2v) is 4.98. The first-order valence-corrected chi connectivity index (χ1v) is 6.18. The molecule has 88 valence electrons. The fourth-order valence-corrected chi connectivity index (χ4v) is 1.45. The molecule has 0 bridgehead atoms. The van der Waals surface area contributed by atoms with Crippen LogP contribution in [-0.2, 0) is 0 Å². The molecule has 1 aromatic carbocycles. The molecule has 16 heavy (non-hydrogen) atoms. The van der Waals surface area contributed by atoms with E-state index in [1.807, 2.05) is 6.92 Å². The van der Waals surface area contributed by atoms with E-state index in [-0.39, 0.29) is 16.5 Å². The van der Waals surface area contributed by atoms with Crippen LogP contribution in [0.15, 0.2) is 18.2 Å². The molecule has 0 aromatic heterocycles. The third kappa shape index (κ3) is 3.23. The van der Waals surface area contributed by atoms with Crippen LogP contribution in [-0.4, -0.2) is 22.4 Å². The Hall–Kier alpha value is -1.03. The smallest absolute Gasteiger partial charge is 0.255 e. The van der Waals surface area contributed by atoms with Gasteiger partial charge in [-0.1, -0.05) is 35.0 Å². The van der Waals surface area contributed by atoms with E-state index in [4.69, 9.17) is 0 Å². The Bertz CT molecular complexity index is 379. The number of aromatic hydroxyl groups is 1. The number of para-hydroxylation sites is 1. The van der Waals surface area contributed by atoms with Crippen molar-refractivity contribution in [2.24, 2.45) is 0 Å². The topological polar surface area (TPSA) is 49.3 Å². The number of nitrogens with one attached hydrogen (secondary N) is 1. The quantitative estimate of drug-likeness (QED) is 0.836. The SMILES string of the molecule is CCC(Br)CNC(=O)c1cccc(C)c1O. The molecule has 1 amide bonds. The molecule has 0 saturated heterocycles. The number of phenolic OH excluding ortho intramolecular Hbond substituents is 1. The molecular weight excluding hydrogens is 270 g/mol. The van der Waals surface area contributed by atoms with Crippen LogP contribution in [0.1, 0.15) is 29.3 Å². The summed E-state index contributed by atoms with van der Waals surface area (Å²) in [5.74, 6) is -0.179. The molecule has 2 N–H and O–H groups in total. The van der Waals surface area contributed by atoms with Gasteiger partial charge in [-0.05, 0) is 25.0 Å². The summed E-state index contributed by atoms with van der Waals surface area (Å²) in [7, 11) is 0. The standard InChI is InChI=1S/C12H16BrNO2/c1-3-9(13)7-14-12(16)10-6-4-5-8(2)11(10)15/h4-6,9,15H,3,7H2,1-2H3,(H,14,16). The molecule has 1 unspecified atom stereocenters. The van der Waals surface area contributed by atoms with Gasteiger partial charge in [-0.25, -0.2) is 0 Å². The van der Waals surface area contributed by atoms with Crippen LogP contribution in [0.5, 0.6) is 5.75 Å². The summed E-state index contributed by atoms with van der Waals surface area (Å²) < 4.78 is 0. The van der Waals surface area contributed by atoms with Gasteiger partial charge in [-0.3, -0.25) is 4.79 Å². The van der Waals surface area contributed by atoms with Crippen LogP contribution in [0.3, 0.4) is 0 Å². The number of halogens is 1. The molecule has 1 atom stereocenters. The summed E-state index contributed by atoms with van der Waals surface area (Å²) in [6.45, 7) is 4.36. The zero-order valence-corrected chi connectivity index (χ0v) is 11.0. The number of carbonyl (C=O) groups is 1. The lowest BCUT2D eigenvalue weighted by Crippen LogP contribution is -2.29. The Morgan fingerprint density at radius 3 is 2.88 bits per heavy atom. The minimum absolute atomic E-state index is 0.0580. The summed E-state index contributed by atoms with van der Waals surface area (Å²) in [4.78, 5) is 12.0. The lowest BCUT2D eigenvalue weighted by Gasteiger charge is -2.10. The molecule has 0 radical (unpaired) electrons. The molecule has 0 fully saturated rings. The summed E-state index contributed by atoms with van der Waals surface area (Å²) in [6.07, 6.45) is 0.945. The van der Waals surface area contributed by atoms with Gasteiger partial charge >= 0.3 is 0 Å². The number of hydrogen-bond donors (Lipinski definition) is 2. The summed E-state index contributed by atoms with van der Waals surface area (Å²) in [5, 5.41) is 12.5. The van der Waals surface area contributed by atoms with Gasteiger partial charge < -0.3 is 10.4 Å². The molecule has 1 aromatic rings. The van der Waals surface area contributed by atoms with Crippen LogP contribution >= 0.6 is 15.9 Å². The summed E-state index contributed by atoms with van der Waals surface area (Å²) in [5.41, 5.74) is 1.04. The van der Waals surface area contributed by atoms with E-state index in [2.05, 4.69) is 21.2 Å². The molecule has 0 aliphatic heterocycles. The summed E-state index contributed by atoms with van der Waals surface area (Å²) >= 11 is 3.43. The Balaban J connectivity index is 2.70. The number of phenols is 1. The zero-order valence-electron chi connectivity index (χ0n) is 9.46. The van der Waals surface area contributed by atoms with Crippen molar-refractivity contribution in [3.05, 3.63) is 29.3 Å². The first kappa shape index (κ1) is 13.0. The fourth-order valence-electron chi connectivity index (χ4n) is 1.29. The summed E-state index contributed by atoms with van der Waals surface area (Å²) in [6, 6.07) is 5.15. The van der Waals surface area contributed by atoms with Crippen molar-refractivity contribution in [2.75, 3.05) is 6.54 Å². The van der Waals surface area contributed by atoms with Crippen molar-refractivity contribution < 1.29 is 9.90 Å². The molecule has 0 spiro atoms. The maximum atomic E-state index is 11.7. The molecular formula is C12H16BrNO2. The van der Waals surface area contributed by atoms with Crippen molar-refractivity contribution in [3.8, 4) is 5.75 Å². The van der Waals surface area contributed by atoms with Gasteiger partial charge in [-0.2, -0.15) is 0 Å². The van der Waals surface area contributed by atoms with Crippen LogP contribution < -0.4 is 5.32 Å². The van der Waals surface area contributed by atoms with E-state index in [1.54, 1.807) is 25.1 Å². The highest BCUT2D eigenvalue weighted by Crippen LogP contribution is 2.21. The molecule has 0 saturated carbocycles. The van der Waals surface area contributed by atoms with Gasteiger partial charge in [0.05, 0.1) is 5.56 Å². The zero-order chi connectivity index (χ0) is 12.1. The highest BCUT2D eigenvalue weighted by molar-refractivity contribution is 9.09. The van der Waals surface area contributed by atoms with Crippen molar-refractivity contribution in [2.45, 2.75) is 25.1 Å². The van der Waals surface area contributed by atoms with Crippen molar-refractivity contribution in [1.82, 2.24) is 5.32 Å². The van der Waals surface area contributed by atoms with E-state index < -0.39 is 0 Å². The number of aryl methyl sites for hydroxylation is 1. The third-order valence-electron chi connectivity index (χ3n) is 2.41. The predicted octanol–water partition coefficient (Wildman–Crippen LogP) is 2.60. The second-order valence-electron chi connectivity index (χ2n) is 3.69. The number of benzene rings is 1. The van der Waals surface area contributed by atoms with Crippen molar-refractivity contribution >= 4 is 21.8 Å². The normalized spacial score (nSPS) is 12.2. The highest BCUT2D eigenvalue weighted by Gasteiger charge is 2.12. The molecule has 4 heteroatoms. The van der Waals surface area contributed by atoms with Crippen LogP contribution in [0, 0.1) is 6.92 Å². The maximum Gasteiger partial charge on any atom is 0.255 e. The van der Waals surface area contributed by atoms with E-state index in [0.717, 1.165) is 6.42 Å². The van der Waals surface area contributed by atoms with Gasteiger partial charge in [0.15, 0.2) is 0 Å². The maximum absolute atomic E-state index is 11.7. The van der Waals surface area contributed by atoms with Crippen molar-refractivity contribution in [3.63, 3.8) is 0 Å². The molecule has 0 heterocycles. The number of hydrogen-bond acceptors (Lipinski definition) is 2.